The summed E-state index contributed by atoms with van der Waals surface area (Å²) in [5, 5.41) is 14.8. The number of amides is 1. The SMILES string of the molecule is [B]c1cc(Cl)c2c(NC(=O)CC3CCCCCC3)cn(CC3(O)COC3)c2c1. The van der Waals surface area contributed by atoms with Gasteiger partial charge in [0.2, 0.25) is 5.91 Å². The number of hydrogen-bond acceptors (Lipinski definition) is 3. The van der Waals surface area contributed by atoms with Gasteiger partial charge in [0.25, 0.3) is 0 Å². The van der Waals surface area contributed by atoms with Crippen LogP contribution in [0.1, 0.15) is 44.9 Å². The first kappa shape index (κ1) is 19.8. The lowest BCUT2D eigenvalue weighted by Gasteiger charge is -2.36. The molecule has 2 fully saturated rings. The third-order valence-corrected chi connectivity index (χ3v) is 6.18. The highest BCUT2D eigenvalue weighted by atomic mass is 35.5. The Morgan fingerprint density at radius 2 is 2.00 bits per heavy atom. The number of aliphatic hydroxyl groups is 1. The van der Waals surface area contributed by atoms with Crippen molar-refractivity contribution in [3.05, 3.63) is 23.4 Å². The molecule has 28 heavy (non-hydrogen) atoms. The predicted molar refractivity (Wildman–Crippen MR) is 113 cm³/mol. The number of halogens is 1. The molecule has 1 saturated carbocycles. The minimum absolute atomic E-state index is 0.0181. The zero-order chi connectivity index (χ0) is 19.7. The van der Waals surface area contributed by atoms with Crippen LogP contribution in [0.3, 0.4) is 0 Å². The molecular formula is C21H26BClN2O3. The summed E-state index contributed by atoms with van der Waals surface area (Å²) in [6.45, 7) is 0.958. The van der Waals surface area contributed by atoms with Crippen molar-refractivity contribution in [2.75, 3.05) is 18.5 Å². The van der Waals surface area contributed by atoms with E-state index in [-0.39, 0.29) is 5.91 Å². The summed E-state index contributed by atoms with van der Waals surface area (Å²) >= 11 is 6.46. The fraction of sp³-hybridized carbons (Fsp3) is 0.571. The molecule has 1 saturated heterocycles. The number of nitrogens with zero attached hydrogens (tertiary/aromatic N) is 1. The number of carbonyl (C=O) groups is 1. The van der Waals surface area contributed by atoms with Gasteiger partial charge < -0.3 is 19.7 Å². The van der Waals surface area contributed by atoms with Gasteiger partial charge in [0, 0.05) is 18.0 Å². The average Bonchev–Trinajstić information content (AvgIpc) is 2.78. The van der Waals surface area contributed by atoms with E-state index in [2.05, 4.69) is 5.32 Å². The minimum atomic E-state index is -0.898. The molecule has 1 aromatic carbocycles. The van der Waals surface area contributed by atoms with Crippen molar-refractivity contribution in [1.29, 1.82) is 0 Å². The molecule has 2 aliphatic rings. The van der Waals surface area contributed by atoms with E-state index in [1.165, 1.54) is 25.7 Å². The highest BCUT2D eigenvalue weighted by molar-refractivity contribution is 6.41. The van der Waals surface area contributed by atoms with Crippen LogP contribution in [0.2, 0.25) is 5.02 Å². The second-order valence-corrected chi connectivity index (χ2v) is 8.80. The number of hydrogen-bond donors (Lipinski definition) is 2. The number of benzene rings is 1. The number of fused-ring (bicyclic) bond motifs is 1. The third kappa shape index (κ3) is 4.24. The van der Waals surface area contributed by atoms with Gasteiger partial charge in [0.05, 0.1) is 36.0 Å². The summed E-state index contributed by atoms with van der Waals surface area (Å²) in [5.41, 5.74) is 1.12. The van der Waals surface area contributed by atoms with E-state index in [4.69, 9.17) is 24.2 Å². The van der Waals surface area contributed by atoms with Crippen LogP contribution in [0.15, 0.2) is 18.3 Å². The number of anilines is 1. The zero-order valence-electron chi connectivity index (χ0n) is 16.0. The molecule has 4 rings (SSSR count). The molecule has 0 spiro atoms. The number of rotatable bonds is 5. The van der Waals surface area contributed by atoms with E-state index in [1.807, 2.05) is 16.8 Å². The Labute approximate surface area is 171 Å². The summed E-state index contributed by atoms with van der Waals surface area (Å²) in [6.07, 6.45) is 9.60. The van der Waals surface area contributed by atoms with Crippen LogP contribution < -0.4 is 10.8 Å². The highest BCUT2D eigenvalue weighted by Gasteiger charge is 2.37. The quantitative estimate of drug-likeness (QED) is 0.598. The first-order chi connectivity index (χ1) is 13.4. The van der Waals surface area contributed by atoms with Crippen molar-refractivity contribution in [2.24, 2.45) is 5.92 Å². The molecule has 1 aliphatic carbocycles. The van der Waals surface area contributed by atoms with E-state index in [1.54, 1.807) is 6.07 Å². The Morgan fingerprint density at radius 3 is 2.64 bits per heavy atom. The van der Waals surface area contributed by atoms with E-state index in [0.717, 1.165) is 23.7 Å². The van der Waals surface area contributed by atoms with Crippen molar-refractivity contribution in [3.8, 4) is 0 Å². The van der Waals surface area contributed by atoms with Crippen molar-refractivity contribution < 1.29 is 14.6 Å². The topological polar surface area (TPSA) is 63.5 Å². The summed E-state index contributed by atoms with van der Waals surface area (Å²) in [6, 6.07) is 3.52. The van der Waals surface area contributed by atoms with Crippen LogP contribution in [0, 0.1) is 5.92 Å². The first-order valence-corrected chi connectivity index (χ1v) is 10.5. The number of nitrogens with one attached hydrogen (secondary N) is 1. The molecule has 1 aromatic heterocycles. The van der Waals surface area contributed by atoms with Gasteiger partial charge in [-0.05, 0) is 30.9 Å². The Morgan fingerprint density at radius 1 is 1.29 bits per heavy atom. The second-order valence-electron chi connectivity index (χ2n) is 8.39. The maximum atomic E-state index is 12.7. The summed E-state index contributed by atoms with van der Waals surface area (Å²) in [7, 11) is 5.98. The van der Waals surface area contributed by atoms with Gasteiger partial charge >= 0.3 is 0 Å². The monoisotopic (exact) mass is 400 g/mol. The van der Waals surface area contributed by atoms with E-state index in [9.17, 15) is 9.90 Å². The van der Waals surface area contributed by atoms with Gasteiger partial charge in [-0.15, -0.1) is 0 Å². The molecule has 0 atom stereocenters. The molecule has 7 heteroatoms. The summed E-state index contributed by atoms with van der Waals surface area (Å²) < 4.78 is 7.06. The second kappa shape index (κ2) is 8.09. The van der Waals surface area contributed by atoms with Crippen LogP contribution in [0.5, 0.6) is 0 Å². The normalized spacial score (nSPS) is 19.9. The molecule has 0 unspecified atom stereocenters. The van der Waals surface area contributed by atoms with Crippen LogP contribution in [0.4, 0.5) is 5.69 Å². The molecule has 0 bridgehead atoms. The van der Waals surface area contributed by atoms with E-state index >= 15 is 0 Å². The molecular weight excluding hydrogens is 375 g/mol. The van der Waals surface area contributed by atoms with Gasteiger partial charge in [-0.25, -0.2) is 0 Å². The summed E-state index contributed by atoms with van der Waals surface area (Å²) in [5.74, 6) is 0.472. The minimum Gasteiger partial charge on any atom is -0.383 e. The van der Waals surface area contributed by atoms with Gasteiger partial charge in [0.1, 0.15) is 13.4 Å². The lowest BCUT2D eigenvalue weighted by atomic mass is 9.95. The summed E-state index contributed by atoms with van der Waals surface area (Å²) in [4.78, 5) is 12.7. The largest absolute Gasteiger partial charge is 0.383 e. The van der Waals surface area contributed by atoms with Crippen LogP contribution in [-0.2, 0) is 16.1 Å². The van der Waals surface area contributed by atoms with E-state index in [0.29, 0.717) is 48.3 Å². The predicted octanol–water partition coefficient (Wildman–Crippen LogP) is 3.15. The molecule has 2 N–H and O–H groups in total. The maximum Gasteiger partial charge on any atom is 0.224 e. The van der Waals surface area contributed by atoms with Crippen LogP contribution in [0.25, 0.3) is 10.9 Å². The zero-order valence-corrected chi connectivity index (χ0v) is 16.8. The molecule has 5 nitrogen and oxygen atoms in total. The lowest BCUT2D eigenvalue weighted by molar-refractivity contribution is -0.184. The molecule has 2 aromatic rings. The Bertz CT molecular complexity index is 870. The van der Waals surface area contributed by atoms with Crippen molar-refractivity contribution in [2.45, 2.75) is 57.1 Å². The van der Waals surface area contributed by atoms with Crippen molar-refractivity contribution in [3.63, 3.8) is 0 Å². The molecule has 2 radical (unpaired) electrons. The molecule has 2 heterocycles. The highest BCUT2D eigenvalue weighted by Crippen LogP contribution is 2.34. The fourth-order valence-corrected chi connectivity index (χ4v) is 4.72. The maximum absolute atomic E-state index is 12.7. The molecule has 148 valence electrons. The van der Waals surface area contributed by atoms with E-state index < -0.39 is 5.60 Å². The standard InChI is InChI=1S/C21H26BClN2O3/c22-15-8-16(23)20-17(24-19(26)7-14-5-3-1-2-4-6-14)10-25(18(20)9-15)11-21(27)12-28-13-21/h8-10,14,27H,1-7,11-13H2,(H,24,26). The molecule has 1 amide bonds. The van der Waals surface area contributed by atoms with Gasteiger partial charge in [-0.2, -0.15) is 0 Å². The van der Waals surface area contributed by atoms with Crippen molar-refractivity contribution >= 4 is 47.4 Å². The van der Waals surface area contributed by atoms with Crippen LogP contribution >= 0.6 is 11.6 Å². The number of aromatic nitrogens is 1. The van der Waals surface area contributed by atoms with Gasteiger partial charge in [-0.3, -0.25) is 4.79 Å². The smallest absolute Gasteiger partial charge is 0.224 e. The first-order valence-electron chi connectivity index (χ1n) is 10.1. The third-order valence-electron chi connectivity index (χ3n) is 5.88. The number of carbonyl (C=O) groups excluding carboxylic acids is 1. The Hall–Kier alpha value is -1.50. The van der Waals surface area contributed by atoms with Crippen molar-refractivity contribution in [1.82, 2.24) is 4.57 Å². The van der Waals surface area contributed by atoms with Crippen LogP contribution in [-0.4, -0.2) is 42.2 Å². The Balaban J connectivity index is 1.58. The average molecular weight is 401 g/mol. The van der Waals surface area contributed by atoms with Gasteiger partial charge in [0.15, 0.2) is 0 Å². The number of ether oxygens (including phenoxy) is 1. The fourth-order valence-electron chi connectivity index (χ4n) is 4.40. The van der Waals surface area contributed by atoms with Gasteiger partial charge in [-0.1, -0.05) is 42.7 Å². The Kier molecular flexibility index (Phi) is 5.72. The lowest BCUT2D eigenvalue weighted by Crippen LogP contribution is -2.52. The molecule has 1 aliphatic heterocycles.